The molecule has 0 N–H and O–H groups in total. The summed E-state index contributed by atoms with van der Waals surface area (Å²) in [7, 11) is 0. The van der Waals surface area contributed by atoms with E-state index in [2.05, 4.69) is 26.0 Å². The van der Waals surface area contributed by atoms with Crippen molar-refractivity contribution in [2.24, 2.45) is 5.41 Å². The number of hydrogen-bond donors (Lipinski definition) is 0. The van der Waals surface area contributed by atoms with Crippen LogP contribution in [0.3, 0.4) is 0 Å². The Balaban J connectivity index is 1.70. The number of fused-ring (bicyclic) bond motifs is 1. The highest BCUT2D eigenvalue weighted by Crippen LogP contribution is 2.51. The number of hydrogen-bond acceptors (Lipinski definition) is 4. The van der Waals surface area contributed by atoms with Gasteiger partial charge in [0.15, 0.2) is 5.78 Å². The van der Waals surface area contributed by atoms with Crippen LogP contribution in [0.25, 0.3) is 0 Å². The summed E-state index contributed by atoms with van der Waals surface area (Å²) in [6, 6.07) is 10.6. The Labute approximate surface area is 206 Å². The first-order valence-electron chi connectivity index (χ1n) is 12.5. The summed E-state index contributed by atoms with van der Waals surface area (Å²) >= 11 is 1.61. The summed E-state index contributed by atoms with van der Waals surface area (Å²) in [6.45, 7) is 6.25. The van der Waals surface area contributed by atoms with E-state index in [1.54, 1.807) is 16.2 Å². The van der Waals surface area contributed by atoms with Gasteiger partial charge in [0.2, 0.25) is 5.91 Å². The molecule has 5 rings (SSSR count). The molecule has 1 unspecified atom stereocenters. The Morgan fingerprint density at radius 2 is 1.85 bits per heavy atom. The number of nitriles is 1. The zero-order chi connectivity index (χ0) is 24.0. The minimum absolute atomic E-state index is 0.00137. The monoisotopic (exact) mass is 472 g/mol. The molecule has 0 saturated carbocycles. The molecule has 3 aliphatic rings. The molecule has 176 valence electrons. The summed E-state index contributed by atoms with van der Waals surface area (Å²) < 4.78 is 0. The lowest BCUT2D eigenvalue weighted by molar-refractivity contribution is -0.120. The van der Waals surface area contributed by atoms with Gasteiger partial charge >= 0.3 is 0 Å². The molecule has 1 aromatic heterocycles. The first-order valence-corrected chi connectivity index (χ1v) is 13.3. The van der Waals surface area contributed by atoms with Gasteiger partial charge in [0.05, 0.1) is 5.56 Å². The summed E-state index contributed by atoms with van der Waals surface area (Å²) in [5.74, 6) is -0.0704. The van der Waals surface area contributed by atoms with Gasteiger partial charge in [-0.25, -0.2) is 0 Å². The van der Waals surface area contributed by atoms with Gasteiger partial charge in [-0.3, -0.25) is 14.5 Å². The van der Waals surface area contributed by atoms with E-state index in [9.17, 15) is 14.9 Å². The number of Topliss-reactive ketones (excluding diaryl/α,β-unsaturated/α-hetero) is 1. The molecule has 0 fully saturated rings. The highest BCUT2D eigenvalue weighted by Gasteiger charge is 2.45. The van der Waals surface area contributed by atoms with E-state index in [0.717, 1.165) is 58.6 Å². The van der Waals surface area contributed by atoms with Crippen LogP contribution in [-0.2, 0) is 22.4 Å². The van der Waals surface area contributed by atoms with Crippen LogP contribution >= 0.6 is 11.3 Å². The fourth-order valence-electron chi connectivity index (χ4n) is 6.00. The predicted molar refractivity (Wildman–Crippen MR) is 136 cm³/mol. The standard InChI is InChI=1S/C29H32N2O2S/c1-18-9-8-10-19(13-18)21-14-26(33)31(23-15-29(2,3)16-24(32)27(21)23)28-22(17-30)20-11-6-4-5-7-12-25(20)34-28/h8-10,13,21H,4-7,11-12,14-16H2,1-3H3. The molecule has 4 nitrogen and oxygen atoms in total. The Hall–Kier alpha value is -2.71. The summed E-state index contributed by atoms with van der Waals surface area (Å²) in [4.78, 5) is 30.4. The molecule has 1 amide bonds. The molecule has 0 radical (unpaired) electrons. The third kappa shape index (κ3) is 4.03. The van der Waals surface area contributed by atoms with Crippen LogP contribution in [0.2, 0.25) is 0 Å². The van der Waals surface area contributed by atoms with Gasteiger partial charge in [-0.1, -0.05) is 56.5 Å². The van der Waals surface area contributed by atoms with Crippen molar-refractivity contribution in [3.8, 4) is 6.07 Å². The number of aryl methyl sites for hydroxylation is 2. The van der Waals surface area contributed by atoms with Gasteiger partial charge in [0.25, 0.3) is 0 Å². The number of amides is 1. The van der Waals surface area contributed by atoms with Crippen molar-refractivity contribution in [1.29, 1.82) is 5.26 Å². The minimum atomic E-state index is -0.221. The normalized spacial score (nSPS) is 22.5. The Kier molecular flexibility index (Phi) is 5.98. The number of anilines is 1. The zero-order valence-corrected chi connectivity index (χ0v) is 21.2. The van der Waals surface area contributed by atoms with Crippen molar-refractivity contribution in [1.82, 2.24) is 0 Å². The number of benzene rings is 1. The molecular formula is C29H32N2O2S. The maximum absolute atomic E-state index is 13.8. The van der Waals surface area contributed by atoms with E-state index in [-0.39, 0.29) is 29.4 Å². The van der Waals surface area contributed by atoms with Gasteiger partial charge in [0.1, 0.15) is 11.1 Å². The highest BCUT2D eigenvalue weighted by atomic mass is 32.1. The SMILES string of the molecule is Cc1cccc(C2CC(=O)N(c3sc4c(c3C#N)CCCCCC4)C3=C2C(=O)CC(C)(C)C3)c1. The first kappa shape index (κ1) is 23.1. The number of allylic oxidation sites excluding steroid dienone is 2. The lowest BCUT2D eigenvalue weighted by Gasteiger charge is -2.42. The number of carbonyl (C=O) groups is 2. The number of ketones is 1. The third-order valence-corrected chi connectivity index (χ3v) is 8.83. The highest BCUT2D eigenvalue weighted by molar-refractivity contribution is 7.16. The van der Waals surface area contributed by atoms with E-state index in [0.29, 0.717) is 18.4 Å². The van der Waals surface area contributed by atoms with Crippen LogP contribution in [-0.4, -0.2) is 11.7 Å². The number of nitrogens with zero attached hydrogens (tertiary/aromatic N) is 2. The second kappa shape index (κ2) is 8.82. The van der Waals surface area contributed by atoms with Crippen LogP contribution in [0.5, 0.6) is 0 Å². The van der Waals surface area contributed by atoms with Crippen LogP contribution in [0.4, 0.5) is 5.00 Å². The van der Waals surface area contributed by atoms with Crippen LogP contribution in [0.1, 0.15) is 91.8 Å². The molecule has 1 aromatic carbocycles. The second-order valence-corrected chi connectivity index (χ2v) is 12.0. The predicted octanol–water partition coefficient (Wildman–Crippen LogP) is 6.75. The number of thiophene rings is 1. The zero-order valence-electron chi connectivity index (χ0n) is 20.4. The van der Waals surface area contributed by atoms with Crippen molar-refractivity contribution in [3.05, 3.63) is 62.7 Å². The molecule has 34 heavy (non-hydrogen) atoms. The Bertz CT molecular complexity index is 1240. The number of rotatable bonds is 2. The molecule has 1 atom stereocenters. The summed E-state index contributed by atoms with van der Waals surface area (Å²) in [5, 5.41) is 10.9. The minimum Gasteiger partial charge on any atom is -0.294 e. The van der Waals surface area contributed by atoms with Crippen LogP contribution < -0.4 is 4.90 Å². The quantitative estimate of drug-likeness (QED) is 0.486. The smallest absolute Gasteiger partial charge is 0.232 e. The molecule has 1 aliphatic heterocycles. The molecular weight excluding hydrogens is 440 g/mol. The Morgan fingerprint density at radius 3 is 2.59 bits per heavy atom. The maximum Gasteiger partial charge on any atom is 0.232 e. The Morgan fingerprint density at radius 1 is 1.09 bits per heavy atom. The van der Waals surface area contributed by atoms with Crippen molar-refractivity contribution in [3.63, 3.8) is 0 Å². The molecule has 0 bridgehead atoms. The molecule has 2 aromatic rings. The van der Waals surface area contributed by atoms with Crippen LogP contribution in [0, 0.1) is 23.7 Å². The molecule has 2 aliphatic carbocycles. The van der Waals surface area contributed by atoms with Crippen molar-refractivity contribution in [2.75, 3.05) is 4.90 Å². The van der Waals surface area contributed by atoms with Crippen molar-refractivity contribution >= 4 is 28.0 Å². The molecule has 0 saturated heterocycles. The van der Waals surface area contributed by atoms with Gasteiger partial charge in [0, 0.05) is 34.9 Å². The molecule has 0 spiro atoms. The largest absolute Gasteiger partial charge is 0.294 e. The van der Waals surface area contributed by atoms with Gasteiger partial charge in [-0.2, -0.15) is 5.26 Å². The fourth-order valence-corrected chi connectivity index (χ4v) is 7.38. The second-order valence-electron chi connectivity index (χ2n) is 10.9. The number of carbonyl (C=O) groups excluding carboxylic acids is 2. The lowest BCUT2D eigenvalue weighted by atomic mass is 9.69. The average molecular weight is 473 g/mol. The first-order chi connectivity index (χ1) is 16.3. The van der Waals surface area contributed by atoms with Crippen molar-refractivity contribution in [2.45, 2.75) is 84.5 Å². The topological polar surface area (TPSA) is 61.2 Å². The van der Waals surface area contributed by atoms with E-state index in [1.807, 2.05) is 25.1 Å². The van der Waals surface area contributed by atoms with E-state index in [4.69, 9.17) is 0 Å². The molecule has 5 heteroatoms. The summed E-state index contributed by atoms with van der Waals surface area (Å²) in [6.07, 6.45) is 7.90. The molecule has 2 heterocycles. The summed E-state index contributed by atoms with van der Waals surface area (Å²) in [5.41, 5.74) is 5.35. The third-order valence-electron chi connectivity index (χ3n) is 7.56. The maximum atomic E-state index is 13.8. The fraction of sp³-hybridized carbons (Fsp3) is 0.483. The van der Waals surface area contributed by atoms with Gasteiger partial charge in [-0.15, -0.1) is 11.3 Å². The van der Waals surface area contributed by atoms with Gasteiger partial charge in [-0.05, 0) is 55.6 Å². The van der Waals surface area contributed by atoms with E-state index >= 15 is 0 Å². The van der Waals surface area contributed by atoms with Crippen molar-refractivity contribution < 1.29 is 9.59 Å². The average Bonchev–Trinajstić information content (AvgIpc) is 3.07. The van der Waals surface area contributed by atoms with Crippen LogP contribution in [0.15, 0.2) is 35.5 Å². The van der Waals surface area contributed by atoms with E-state index in [1.165, 1.54) is 17.7 Å². The lowest BCUT2D eigenvalue weighted by Crippen LogP contribution is -2.43. The van der Waals surface area contributed by atoms with E-state index < -0.39 is 0 Å². The van der Waals surface area contributed by atoms with Gasteiger partial charge < -0.3 is 0 Å².